The fourth-order valence-corrected chi connectivity index (χ4v) is 6.31. The van der Waals surface area contributed by atoms with Crippen molar-refractivity contribution in [2.45, 2.75) is 33.1 Å². The number of anilines is 2. The Bertz CT molecular complexity index is 1470. The number of fused-ring (bicyclic) bond motifs is 1. The molecule has 1 aromatic heterocycles. The molecule has 0 saturated carbocycles. The van der Waals surface area contributed by atoms with E-state index in [0.29, 0.717) is 12.4 Å². The third-order valence-corrected chi connectivity index (χ3v) is 8.20. The van der Waals surface area contributed by atoms with Crippen molar-refractivity contribution in [1.29, 1.82) is 0 Å². The lowest BCUT2D eigenvalue weighted by Gasteiger charge is -2.26. The minimum Gasteiger partial charge on any atom is -0.497 e. The van der Waals surface area contributed by atoms with E-state index in [1.54, 1.807) is 42.4 Å². The van der Waals surface area contributed by atoms with Crippen LogP contribution in [0.3, 0.4) is 0 Å². The molecule has 0 aliphatic carbocycles. The Hall–Kier alpha value is -3.88. The highest BCUT2D eigenvalue weighted by molar-refractivity contribution is 7.23. The number of likely N-dealkylation sites (tertiary alicyclic amines) is 1. The minimum absolute atomic E-state index is 0.105. The number of hydrogen-bond acceptors (Lipinski definition) is 7. The third kappa shape index (κ3) is 6.29. The zero-order valence-electron chi connectivity index (χ0n) is 23.1. The Balaban J connectivity index is 1.47. The van der Waals surface area contributed by atoms with Crippen molar-refractivity contribution in [3.05, 3.63) is 66.7 Å². The lowest BCUT2D eigenvalue weighted by Crippen LogP contribution is -2.33. The summed E-state index contributed by atoms with van der Waals surface area (Å²) in [5, 5.41) is 0.946. The van der Waals surface area contributed by atoms with Crippen LogP contribution >= 0.6 is 11.3 Å². The molecule has 1 aliphatic heterocycles. The lowest BCUT2D eigenvalue weighted by atomic mass is 10.1. The Labute approximate surface area is 238 Å². The fourth-order valence-electron chi connectivity index (χ4n) is 5.08. The smallest absolute Gasteiger partial charge is 0.308 e. The fraction of sp³-hybridized carbons (Fsp3) is 0.312. The van der Waals surface area contributed by atoms with Gasteiger partial charge in [0.15, 0.2) is 0 Å². The predicted octanol–water partition coefficient (Wildman–Crippen LogP) is 7.05. The third-order valence-electron chi connectivity index (χ3n) is 7.01. The molecule has 1 fully saturated rings. The first-order chi connectivity index (χ1) is 19.4. The molecule has 1 aliphatic rings. The normalized spacial score (nSPS) is 13.7. The number of ether oxygens (including phenoxy) is 3. The van der Waals surface area contributed by atoms with Gasteiger partial charge in [-0.05, 0) is 98.2 Å². The van der Waals surface area contributed by atoms with E-state index in [0.717, 1.165) is 63.0 Å². The first kappa shape index (κ1) is 27.7. The van der Waals surface area contributed by atoms with Crippen LogP contribution in [0.1, 0.15) is 33.1 Å². The maximum absolute atomic E-state index is 13.2. The summed E-state index contributed by atoms with van der Waals surface area (Å²) in [6.45, 7) is 6.80. The molecule has 0 N–H and O–H groups in total. The summed E-state index contributed by atoms with van der Waals surface area (Å²) in [5.41, 5.74) is 2.47. The highest BCUT2D eigenvalue weighted by atomic mass is 32.1. The van der Waals surface area contributed by atoms with Gasteiger partial charge in [-0.1, -0.05) is 6.42 Å². The van der Waals surface area contributed by atoms with Gasteiger partial charge >= 0.3 is 5.97 Å². The number of methoxy groups -OCH3 is 1. The molecular weight excluding hydrogens is 524 g/mol. The molecule has 5 rings (SSSR count). The number of amides is 1. The van der Waals surface area contributed by atoms with Crippen LogP contribution < -0.4 is 19.1 Å². The van der Waals surface area contributed by atoms with E-state index >= 15 is 0 Å². The van der Waals surface area contributed by atoms with E-state index in [1.807, 2.05) is 54.6 Å². The van der Waals surface area contributed by atoms with Crippen LogP contribution in [0.5, 0.6) is 17.2 Å². The highest BCUT2D eigenvalue weighted by Gasteiger charge is 2.24. The van der Waals surface area contributed by atoms with Gasteiger partial charge in [0.25, 0.3) is 0 Å². The summed E-state index contributed by atoms with van der Waals surface area (Å²) < 4.78 is 17.7. The van der Waals surface area contributed by atoms with Crippen molar-refractivity contribution in [2.24, 2.45) is 0 Å². The van der Waals surface area contributed by atoms with Gasteiger partial charge in [0.05, 0.1) is 17.7 Å². The van der Waals surface area contributed by atoms with Crippen LogP contribution in [0.2, 0.25) is 0 Å². The molecule has 0 radical (unpaired) electrons. The first-order valence-corrected chi connectivity index (χ1v) is 14.4. The van der Waals surface area contributed by atoms with E-state index in [1.165, 1.54) is 26.2 Å². The molecule has 8 heteroatoms. The summed E-state index contributed by atoms with van der Waals surface area (Å²) in [5.74, 6) is 1.53. The molecule has 3 aromatic carbocycles. The van der Waals surface area contributed by atoms with Gasteiger partial charge in [0, 0.05) is 36.2 Å². The summed E-state index contributed by atoms with van der Waals surface area (Å²) in [6.07, 6.45) is 3.84. The van der Waals surface area contributed by atoms with E-state index < -0.39 is 0 Å². The summed E-state index contributed by atoms with van der Waals surface area (Å²) in [4.78, 5) is 29.7. The van der Waals surface area contributed by atoms with Gasteiger partial charge in [0.2, 0.25) is 5.91 Å². The molecule has 1 saturated heterocycles. The number of piperidine rings is 1. The lowest BCUT2D eigenvalue weighted by molar-refractivity contribution is -0.131. The van der Waals surface area contributed by atoms with Crippen LogP contribution in [0.25, 0.3) is 20.5 Å². The van der Waals surface area contributed by atoms with Crippen LogP contribution in [0.4, 0.5) is 11.4 Å². The standard InChI is InChI=1S/C32H34N2O5S/c1-22(35)34(25-9-13-26(14-10-25)38-20-19-33-17-5-4-6-18-33)31-29-16-15-28(37-3)21-30(29)40-32(31)24-7-11-27(12-8-24)39-23(2)36/h7-16,21H,4-6,17-20H2,1-3H3. The molecule has 0 bridgehead atoms. The Morgan fingerprint density at radius 1 is 0.875 bits per heavy atom. The second kappa shape index (κ2) is 12.5. The second-order valence-electron chi connectivity index (χ2n) is 9.86. The average Bonchev–Trinajstić information content (AvgIpc) is 3.32. The quantitative estimate of drug-likeness (QED) is 0.162. The first-order valence-electron chi connectivity index (χ1n) is 13.6. The number of benzene rings is 3. The molecule has 1 amide bonds. The maximum Gasteiger partial charge on any atom is 0.308 e. The Kier molecular flexibility index (Phi) is 8.67. The molecule has 4 aromatic rings. The molecule has 0 unspecified atom stereocenters. The highest BCUT2D eigenvalue weighted by Crippen LogP contribution is 2.48. The van der Waals surface area contributed by atoms with Crippen LogP contribution in [0, 0.1) is 0 Å². The van der Waals surface area contributed by atoms with Gasteiger partial charge in [-0.15, -0.1) is 11.3 Å². The summed E-state index contributed by atoms with van der Waals surface area (Å²) >= 11 is 1.58. The molecule has 7 nitrogen and oxygen atoms in total. The number of thiophene rings is 1. The molecule has 40 heavy (non-hydrogen) atoms. The van der Waals surface area contributed by atoms with Crippen molar-refractivity contribution in [1.82, 2.24) is 4.90 Å². The zero-order chi connectivity index (χ0) is 28.1. The molecule has 0 spiro atoms. The molecular formula is C32H34N2O5S. The van der Waals surface area contributed by atoms with Crippen LogP contribution in [-0.4, -0.2) is 50.1 Å². The molecule has 208 valence electrons. The van der Waals surface area contributed by atoms with Gasteiger partial charge in [-0.2, -0.15) is 0 Å². The molecule has 2 heterocycles. The summed E-state index contributed by atoms with van der Waals surface area (Å²) in [7, 11) is 1.64. The Morgan fingerprint density at radius 2 is 1.55 bits per heavy atom. The van der Waals surface area contributed by atoms with Crippen LogP contribution in [-0.2, 0) is 9.59 Å². The number of carbonyl (C=O) groups excluding carboxylic acids is 2. The van der Waals surface area contributed by atoms with E-state index in [9.17, 15) is 9.59 Å². The van der Waals surface area contributed by atoms with Crippen molar-refractivity contribution < 1.29 is 23.8 Å². The average molecular weight is 559 g/mol. The second-order valence-corrected chi connectivity index (χ2v) is 10.9. The van der Waals surface area contributed by atoms with Gasteiger partial charge in [0.1, 0.15) is 23.9 Å². The number of nitrogens with zero attached hydrogens (tertiary/aromatic N) is 2. The largest absolute Gasteiger partial charge is 0.497 e. The summed E-state index contributed by atoms with van der Waals surface area (Å²) in [6, 6.07) is 20.9. The van der Waals surface area contributed by atoms with Crippen LogP contribution in [0.15, 0.2) is 66.7 Å². The number of hydrogen-bond donors (Lipinski definition) is 0. The maximum atomic E-state index is 13.2. The molecule has 0 atom stereocenters. The van der Waals surface area contributed by atoms with Gasteiger partial charge < -0.3 is 14.2 Å². The monoisotopic (exact) mass is 558 g/mol. The zero-order valence-corrected chi connectivity index (χ0v) is 24.0. The van der Waals surface area contributed by atoms with Gasteiger partial charge in [-0.3, -0.25) is 19.4 Å². The number of esters is 1. The van der Waals surface area contributed by atoms with Crippen molar-refractivity contribution in [2.75, 3.05) is 38.3 Å². The SMILES string of the molecule is COc1ccc2c(N(C(C)=O)c3ccc(OCCN4CCCCC4)cc3)c(-c3ccc(OC(C)=O)cc3)sc2c1. The number of carbonyl (C=O) groups is 2. The van der Waals surface area contributed by atoms with Crippen molar-refractivity contribution in [3.8, 4) is 27.7 Å². The van der Waals surface area contributed by atoms with E-state index in [2.05, 4.69) is 4.90 Å². The topological polar surface area (TPSA) is 68.3 Å². The Morgan fingerprint density at radius 3 is 2.20 bits per heavy atom. The van der Waals surface area contributed by atoms with E-state index in [4.69, 9.17) is 14.2 Å². The van der Waals surface area contributed by atoms with E-state index in [-0.39, 0.29) is 11.9 Å². The minimum atomic E-state index is -0.371. The predicted molar refractivity (Wildman–Crippen MR) is 160 cm³/mol. The number of rotatable bonds is 9. The van der Waals surface area contributed by atoms with Gasteiger partial charge in [-0.25, -0.2) is 0 Å². The van der Waals surface area contributed by atoms with Crippen molar-refractivity contribution in [3.63, 3.8) is 0 Å². The van der Waals surface area contributed by atoms with Crippen molar-refractivity contribution >= 4 is 44.7 Å².